The molecule has 3 aromatic rings. The van der Waals surface area contributed by atoms with Crippen molar-refractivity contribution in [2.45, 2.75) is 19.4 Å². The first kappa shape index (κ1) is 13.8. The van der Waals surface area contributed by atoms with E-state index in [2.05, 4.69) is 15.0 Å². The first-order chi connectivity index (χ1) is 10.1. The molecule has 0 aromatic carbocycles. The second kappa shape index (κ2) is 5.34. The van der Waals surface area contributed by atoms with E-state index < -0.39 is 5.82 Å². The van der Waals surface area contributed by atoms with Crippen LogP contribution >= 0.6 is 11.3 Å². The molecule has 3 rings (SSSR count). The molecule has 3 heterocycles. The number of pyridine rings is 1. The van der Waals surface area contributed by atoms with E-state index in [0.29, 0.717) is 32.9 Å². The van der Waals surface area contributed by atoms with Crippen molar-refractivity contribution >= 4 is 21.6 Å². The molecule has 108 valence electrons. The highest BCUT2D eigenvalue weighted by molar-refractivity contribution is 7.22. The molecule has 0 saturated heterocycles. The molecule has 7 heteroatoms. The number of aromatic amines is 1. The van der Waals surface area contributed by atoms with E-state index in [1.807, 2.05) is 6.92 Å². The summed E-state index contributed by atoms with van der Waals surface area (Å²) in [6, 6.07) is 2.97. The van der Waals surface area contributed by atoms with Gasteiger partial charge in [0.1, 0.15) is 16.3 Å². The zero-order valence-electron chi connectivity index (χ0n) is 11.3. The van der Waals surface area contributed by atoms with E-state index >= 15 is 0 Å². The number of nitrogens with one attached hydrogen (secondary N) is 1. The number of fused-ring (bicyclic) bond motifs is 1. The molecule has 0 aliphatic heterocycles. The molecule has 3 N–H and O–H groups in total. The SMILES string of the molecule is CCC(N)c1nc2cc(-c3ccncc3F)sc2c(=O)[nH]1. The number of hydrogen-bond donors (Lipinski definition) is 2. The fourth-order valence-electron chi connectivity index (χ4n) is 2.03. The normalized spacial score (nSPS) is 12.7. The Kier molecular flexibility index (Phi) is 3.52. The third kappa shape index (κ3) is 2.45. The fourth-order valence-corrected chi connectivity index (χ4v) is 3.05. The monoisotopic (exact) mass is 304 g/mol. The summed E-state index contributed by atoms with van der Waals surface area (Å²) in [5, 5.41) is 0. The Bertz CT molecular complexity index is 858. The fraction of sp³-hybridized carbons (Fsp3) is 0.214. The Hall–Kier alpha value is -2.12. The van der Waals surface area contributed by atoms with Crippen LogP contribution in [-0.2, 0) is 0 Å². The zero-order valence-corrected chi connectivity index (χ0v) is 12.1. The number of nitrogens with zero attached hydrogens (tertiary/aromatic N) is 2. The minimum Gasteiger partial charge on any atom is -0.321 e. The maximum Gasteiger partial charge on any atom is 0.268 e. The number of hydrogen-bond acceptors (Lipinski definition) is 5. The van der Waals surface area contributed by atoms with Gasteiger partial charge in [-0.1, -0.05) is 6.92 Å². The van der Waals surface area contributed by atoms with Crippen LogP contribution in [0.25, 0.3) is 20.7 Å². The summed E-state index contributed by atoms with van der Waals surface area (Å²) < 4.78 is 14.3. The van der Waals surface area contributed by atoms with Crippen LogP contribution in [0, 0.1) is 5.82 Å². The number of thiophene rings is 1. The van der Waals surface area contributed by atoms with Gasteiger partial charge in [0.2, 0.25) is 0 Å². The van der Waals surface area contributed by atoms with Crippen LogP contribution in [0.2, 0.25) is 0 Å². The molecule has 0 amide bonds. The lowest BCUT2D eigenvalue weighted by molar-refractivity contribution is 0.625. The number of aromatic nitrogens is 3. The van der Waals surface area contributed by atoms with Crippen molar-refractivity contribution in [3.05, 3.63) is 46.5 Å². The van der Waals surface area contributed by atoms with Gasteiger partial charge in [-0.25, -0.2) is 9.37 Å². The Morgan fingerprint density at radius 3 is 3.05 bits per heavy atom. The molecule has 5 nitrogen and oxygen atoms in total. The summed E-state index contributed by atoms with van der Waals surface area (Å²) in [5.74, 6) is 0.0283. The van der Waals surface area contributed by atoms with Crippen molar-refractivity contribution in [3.63, 3.8) is 0 Å². The summed E-state index contributed by atoms with van der Waals surface area (Å²) in [6.45, 7) is 1.92. The average Bonchev–Trinajstić information content (AvgIpc) is 2.91. The highest BCUT2D eigenvalue weighted by Gasteiger charge is 2.14. The summed E-state index contributed by atoms with van der Waals surface area (Å²) in [5.41, 5.74) is 6.60. The van der Waals surface area contributed by atoms with Gasteiger partial charge >= 0.3 is 0 Å². The number of rotatable bonds is 3. The van der Waals surface area contributed by atoms with Crippen LogP contribution in [0.5, 0.6) is 0 Å². The third-order valence-corrected chi connectivity index (χ3v) is 4.39. The Morgan fingerprint density at radius 2 is 2.33 bits per heavy atom. The van der Waals surface area contributed by atoms with Crippen LogP contribution in [0.1, 0.15) is 25.2 Å². The highest BCUT2D eigenvalue weighted by atomic mass is 32.1. The summed E-state index contributed by atoms with van der Waals surface area (Å²) in [4.78, 5) is 23.5. The molecule has 0 aliphatic carbocycles. The standard InChI is InChI=1S/C14H13FN4OS/c1-2-9(16)13-18-10-5-11(21-12(10)14(20)19-13)7-3-4-17-6-8(7)15/h3-6,9H,2,16H2,1H3,(H,18,19,20). The Balaban J connectivity index is 2.19. The lowest BCUT2D eigenvalue weighted by Crippen LogP contribution is -2.18. The molecule has 0 aliphatic rings. The van der Waals surface area contributed by atoms with E-state index in [1.165, 1.54) is 17.5 Å². The highest BCUT2D eigenvalue weighted by Crippen LogP contribution is 2.32. The molecule has 3 aromatic heterocycles. The first-order valence-electron chi connectivity index (χ1n) is 6.49. The van der Waals surface area contributed by atoms with Gasteiger partial charge in [0.25, 0.3) is 5.56 Å². The molecule has 0 fully saturated rings. The van der Waals surface area contributed by atoms with Gasteiger partial charge in [0.05, 0.1) is 17.8 Å². The smallest absolute Gasteiger partial charge is 0.268 e. The Labute approximate surface area is 123 Å². The largest absolute Gasteiger partial charge is 0.321 e. The van der Waals surface area contributed by atoms with E-state index in [9.17, 15) is 9.18 Å². The van der Waals surface area contributed by atoms with E-state index in [0.717, 1.165) is 6.20 Å². The molecule has 0 saturated carbocycles. The van der Waals surface area contributed by atoms with Gasteiger partial charge in [-0.05, 0) is 18.6 Å². The van der Waals surface area contributed by atoms with Crippen LogP contribution in [0.3, 0.4) is 0 Å². The molecule has 21 heavy (non-hydrogen) atoms. The number of H-pyrrole nitrogens is 1. The lowest BCUT2D eigenvalue weighted by Gasteiger charge is -2.06. The minimum absolute atomic E-state index is 0.246. The van der Waals surface area contributed by atoms with E-state index in [1.54, 1.807) is 12.1 Å². The maximum absolute atomic E-state index is 13.8. The van der Waals surface area contributed by atoms with Crippen LogP contribution in [0.15, 0.2) is 29.3 Å². The minimum atomic E-state index is -0.425. The quantitative estimate of drug-likeness (QED) is 0.779. The number of halogens is 1. The third-order valence-electron chi connectivity index (χ3n) is 3.23. The van der Waals surface area contributed by atoms with Crippen molar-refractivity contribution < 1.29 is 4.39 Å². The van der Waals surface area contributed by atoms with Crippen molar-refractivity contribution in [1.29, 1.82) is 0 Å². The van der Waals surface area contributed by atoms with Crippen LogP contribution in [-0.4, -0.2) is 15.0 Å². The average molecular weight is 304 g/mol. The lowest BCUT2D eigenvalue weighted by atomic mass is 10.2. The van der Waals surface area contributed by atoms with Crippen molar-refractivity contribution in [2.75, 3.05) is 0 Å². The second-order valence-electron chi connectivity index (χ2n) is 4.65. The van der Waals surface area contributed by atoms with Gasteiger partial charge in [-0.2, -0.15) is 0 Å². The molecular formula is C14H13FN4OS. The predicted octanol–water partition coefficient (Wildman–Crippen LogP) is 2.60. The van der Waals surface area contributed by atoms with E-state index in [4.69, 9.17) is 5.73 Å². The topological polar surface area (TPSA) is 84.7 Å². The van der Waals surface area contributed by atoms with E-state index in [-0.39, 0.29) is 11.6 Å². The molecular weight excluding hydrogens is 291 g/mol. The molecule has 0 bridgehead atoms. The predicted molar refractivity (Wildman–Crippen MR) is 80.6 cm³/mol. The Morgan fingerprint density at radius 1 is 1.52 bits per heavy atom. The van der Waals surface area contributed by atoms with Crippen LogP contribution < -0.4 is 11.3 Å². The second-order valence-corrected chi connectivity index (χ2v) is 5.70. The van der Waals surface area contributed by atoms with Gasteiger partial charge in [0.15, 0.2) is 0 Å². The number of nitrogens with two attached hydrogens (primary N) is 1. The van der Waals surface area contributed by atoms with Gasteiger partial charge in [-0.3, -0.25) is 9.78 Å². The molecule has 0 radical (unpaired) electrons. The van der Waals surface area contributed by atoms with Gasteiger partial charge in [0, 0.05) is 16.6 Å². The molecule has 0 spiro atoms. The summed E-state index contributed by atoms with van der Waals surface area (Å²) in [6.07, 6.45) is 3.33. The maximum atomic E-state index is 13.8. The van der Waals surface area contributed by atoms with Gasteiger partial charge < -0.3 is 10.7 Å². The summed E-state index contributed by atoms with van der Waals surface area (Å²) >= 11 is 1.20. The summed E-state index contributed by atoms with van der Waals surface area (Å²) in [7, 11) is 0. The van der Waals surface area contributed by atoms with Crippen molar-refractivity contribution in [3.8, 4) is 10.4 Å². The molecule has 1 atom stereocenters. The van der Waals surface area contributed by atoms with Crippen molar-refractivity contribution in [1.82, 2.24) is 15.0 Å². The van der Waals surface area contributed by atoms with Gasteiger partial charge in [-0.15, -0.1) is 11.3 Å². The zero-order chi connectivity index (χ0) is 15.0. The van der Waals surface area contributed by atoms with Crippen LogP contribution in [0.4, 0.5) is 4.39 Å². The van der Waals surface area contributed by atoms with Crippen molar-refractivity contribution in [2.24, 2.45) is 5.73 Å². The molecule has 1 unspecified atom stereocenters. The first-order valence-corrected chi connectivity index (χ1v) is 7.31.